The molecule has 0 rings (SSSR count). The first-order valence-electron chi connectivity index (χ1n) is 32.3. The van der Waals surface area contributed by atoms with Gasteiger partial charge < -0.3 is 14.2 Å². The summed E-state index contributed by atoms with van der Waals surface area (Å²) in [6.07, 6.45) is 101. The van der Waals surface area contributed by atoms with Crippen molar-refractivity contribution >= 4 is 17.9 Å². The van der Waals surface area contributed by atoms with E-state index in [1.54, 1.807) is 0 Å². The number of rotatable bonds is 56. The van der Waals surface area contributed by atoms with E-state index < -0.39 is 6.10 Å². The Hall–Kier alpha value is -5.49. The first-order chi connectivity index (χ1) is 40.0. The molecule has 0 aromatic heterocycles. The van der Waals surface area contributed by atoms with Crippen LogP contribution in [0.2, 0.25) is 0 Å². The van der Waals surface area contributed by atoms with Crippen LogP contribution in [0.15, 0.2) is 182 Å². The van der Waals surface area contributed by atoms with Crippen LogP contribution < -0.4 is 0 Å². The van der Waals surface area contributed by atoms with Crippen LogP contribution in [0.25, 0.3) is 0 Å². The lowest BCUT2D eigenvalue weighted by atomic mass is 10.0. The molecule has 0 spiro atoms. The van der Waals surface area contributed by atoms with Crippen molar-refractivity contribution in [1.29, 1.82) is 0 Å². The SMILES string of the molecule is CC/C=C\C/C=C\C/C=C\C/C=C\C/C=C\C/C=C\C/C=C\CCCCCC(=O)OCC(COC(=O)CC/C=C\C/C=C\C/C=C\C/C=C\CC)OC(=O)CCCCCCCCCCCCCC/C=C\C/C=C\C/C=C\C/C=C\CC. The zero-order valence-electron chi connectivity index (χ0n) is 51.7. The number of carbonyl (C=O) groups is 3. The van der Waals surface area contributed by atoms with Crippen molar-refractivity contribution in [1.82, 2.24) is 0 Å². The van der Waals surface area contributed by atoms with Gasteiger partial charge in [0.1, 0.15) is 13.2 Å². The van der Waals surface area contributed by atoms with Crippen LogP contribution in [0.1, 0.15) is 252 Å². The number of hydrogen-bond donors (Lipinski definition) is 0. The van der Waals surface area contributed by atoms with E-state index in [0.29, 0.717) is 19.3 Å². The van der Waals surface area contributed by atoms with Gasteiger partial charge in [0.2, 0.25) is 0 Å². The lowest BCUT2D eigenvalue weighted by Gasteiger charge is -2.18. The molecule has 6 heteroatoms. The summed E-state index contributed by atoms with van der Waals surface area (Å²) in [6, 6.07) is 0. The minimum Gasteiger partial charge on any atom is -0.462 e. The first-order valence-corrected chi connectivity index (χ1v) is 32.3. The molecule has 0 aromatic carbocycles. The monoisotopic (exact) mass is 1110 g/mol. The number of hydrogen-bond acceptors (Lipinski definition) is 6. The molecular weight excluding hydrogens is 997 g/mol. The van der Waals surface area contributed by atoms with E-state index in [0.717, 1.165) is 141 Å². The fraction of sp³-hybridized carbons (Fsp3) is 0.560. The largest absolute Gasteiger partial charge is 0.462 e. The maximum Gasteiger partial charge on any atom is 0.306 e. The van der Waals surface area contributed by atoms with E-state index in [1.165, 1.54) is 64.2 Å². The first kappa shape index (κ1) is 75.5. The van der Waals surface area contributed by atoms with Crippen LogP contribution in [0.5, 0.6) is 0 Å². The third kappa shape index (κ3) is 65.2. The third-order valence-electron chi connectivity index (χ3n) is 12.9. The predicted octanol–water partition coefficient (Wildman–Crippen LogP) is 22.4. The van der Waals surface area contributed by atoms with Crippen LogP contribution in [0.3, 0.4) is 0 Å². The summed E-state index contributed by atoms with van der Waals surface area (Å²) >= 11 is 0. The van der Waals surface area contributed by atoms with Gasteiger partial charge >= 0.3 is 17.9 Å². The van der Waals surface area contributed by atoms with Gasteiger partial charge in [0.15, 0.2) is 6.10 Å². The fourth-order valence-corrected chi connectivity index (χ4v) is 8.19. The molecule has 1 atom stereocenters. The van der Waals surface area contributed by atoms with E-state index in [9.17, 15) is 14.4 Å². The average Bonchev–Trinajstić information content (AvgIpc) is 3.46. The number of allylic oxidation sites excluding steroid dienone is 30. The minimum absolute atomic E-state index is 0.127. The second-order valence-corrected chi connectivity index (χ2v) is 20.5. The van der Waals surface area contributed by atoms with Crippen LogP contribution >= 0.6 is 0 Å². The topological polar surface area (TPSA) is 78.9 Å². The van der Waals surface area contributed by atoms with E-state index in [1.807, 2.05) is 12.2 Å². The van der Waals surface area contributed by atoms with E-state index >= 15 is 0 Å². The van der Waals surface area contributed by atoms with E-state index in [4.69, 9.17) is 14.2 Å². The summed E-state index contributed by atoms with van der Waals surface area (Å²) in [7, 11) is 0. The maximum absolute atomic E-state index is 12.9. The van der Waals surface area contributed by atoms with Crippen LogP contribution in [-0.2, 0) is 28.6 Å². The van der Waals surface area contributed by atoms with E-state index in [2.05, 4.69) is 191 Å². The molecule has 0 radical (unpaired) electrons. The van der Waals surface area contributed by atoms with Gasteiger partial charge in [-0.05, 0) is 141 Å². The molecule has 0 aliphatic heterocycles. The highest BCUT2D eigenvalue weighted by Crippen LogP contribution is 2.15. The van der Waals surface area contributed by atoms with Gasteiger partial charge in [-0.25, -0.2) is 0 Å². The van der Waals surface area contributed by atoms with Crippen molar-refractivity contribution in [3.8, 4) is 0 Å². The Morgan fingerprint density at radius 2 is 0.469 bits per heavy atom. The molecule has 1 unspecified atom stereocenters. The van der Waals surface area contributed by atoms with Gasteiger partial charge in [0, 0.05) is 19.3 Å². The van der Waals surface area contributed by atoms with Crippen LogP contribution in [0.4, 0.5) is 0 Å². The van der Waals surface area contributed by atoms with Gasteiger partial charge in [-0.3, -0.25) is 14.4 Å². The van der Waals surface area contributed by atoms with Gasteiger partial charge in [0.05, 0.1) is 0 Å². The Bertz CT molecular complexity index is 1900. The molecule has 0 aliphatic carbocycles. The summed E-state index contributed by atoms with van der Waals surface area (Å²) in [5, 5.41) is 0. The van der Waals surface area contributed by atoms with Gasteiger partial charge in [-0.2, -0.15) is 0 Å². The molecule has 81 heavy (non-hydrogen) atoms. The third-order valence-corrected chi connectivity index (χ3v) is 12.9. The maximum atomic E-state index is 12.9. The molecule has 0 saturated heterocycles. The van der Waals surface area contributed by atoms with Crippen LogP contribution in [-0.4, -0.2) is 37.2 Å². The molecule has 0 bridgehead atoms. The molecule has 0 N–H and O–H groups in total. The quantitative estimate of drug-likeness (QED) is 0.0261. The molecule has 0 fully saturated rings. The van der Waals surface area contributed by atoms with Crippen molar-refractivity contribution in [2.45, 2.75) is 258 Å². The Labute approximate surface area is 497 Å². The number of ether oxygens (including phenoxy) is 3. The molecule has 0 aromatic rings. The molecule has 0 saturated carbocycles. The Kier molecular flexibility index (Phi) is 62.5. The Morgan fingerprint density at radius 1 is 0.247 bits per heavy atom. The van der Waals surface area contributed by atoms with Gasteiger partial charge in [0.25, 0.3) is 0 Å². The minimum atomic E-state index is -0.834. The zero-order chi connectivity index (χ0) is 58.5. The summed E-state index contributed by atoms with van der Waals surface area (Å²) in [6.45, 7) is 6.20. The van der Waals surface area contributed by atoms with E-state index in [-0.39, 0.29) is 37.5 Å². The summed E-state index contributed by atoms with van der Waals surface area (Å²) in [4.78, 5) is 38.3. The highest BCUT2D eigenvalue weighted by molar-refractivity contribution is 5.71. The average molecular weight is 1110 g/mol. The highest BCUT2D eigenvalue weighted by atomic mass is 16.6. The highest BCUT2D eigenvalue weighted by Gasteiger charge is 2.19. The molecule has 0 heterocycles. The van der Waals surface area contributed by atoms with Gasteiger partial charge in [-0.15, -0.1) is 0 Å². The second kappa shape index (κ2) is 67.0. The van der Waals surface area contributed by atoms with Gasteiger partial charge in [-0.1, -0.05) is 274 Å². The molecule has 6 nitrogen and oxygen atoms in total. The van der Waals surface area contributed by atoms with Crippen LogP contribution in [0, 0.1) is 0 Å². The van der Waals surface area contributed by atoms with Crippen molar-refractivity contribution in [2.24, 2.45) is 0 Å². The van der Waals surface area contributed by atoms with Crippen molar-refractivity contribution in [3.05, 3.63) is 182 Å². The lowest BCUT2D eigenvalue weighted by Crippen LogP contribution is -2.30. The Morgan fingerprint density at radius 3 is 0.778 bits per heavy atom. The summed E-state index contributed by atoms with van der Waals surface area (Å²) in [5.74, 6) is -1.05. The van der Waals surface area contributed by atoms with Crippen molar-refractivity contribution in [2.75, 3.05) is 13.2 Å². The predicted molar refractivity (Wildman–Crippen MR) is 352 cm³/mol. The normalized spacial score (nSPS) is 13.4. The fourth-order valence-electron chi connectivity index (χ4n) is 8.19. The second-order valence-electron chi connectivity index (χ2n) is 20.5. The number of esters is 3. The summed E-state index contributed by atoms with van der Waals surface area (Å²) in [5.41, 5.74) is 0. The summed E-state index contributed by atoms with van der Waals surface area (Å²) < 4.78 is 16.8. The molecule has 452 valence electrons. The van der Waals surface area contributed by atoms with Crippen molar-refractivity contribution in [3.63, 3.8) is 0 Å². The molecule has 0 amide bonds. The van der Waals surface area contributed by atoms with Crippen molar-refractivity contribution < 1.29 is 28.6 Å². The molecular formula is C75H116O6. The standard InChI is InChI=1S/C75H116O6/c1-4-7-10-13-16-19-22-25-27-29-31-33-35-37-39-41-43-45-47-50-53-56-59-62-65-68-74(77)80-71-72(70-79-73(76)67-64-61-58-55-52-49-24-21-18-15-12-9-6-3)81-75(78)69-66-63-60-57-54-51-48-46-44-42-40-38-36-34-32-30-28-26-23-20-17-14-11-8-5-2/h7-12,16-21,25-28,31-34,37,39,43,45,49-50,52-53,58,61,72H,4-6,13-15,22-24,29-30,35-36,38,40-42,44,46-48,51,54-57,59-60,62-71H2,1-3H3/b10-7-,11-8-,12-9-,19-16-,20-17-,21-18-,27-25-,28-26-,33-31-,34-32-,39-37-,45-43-,52-49-,53-50-,61-58-. The lowest BCUT2D eigenvalue weighted by molar-refractivity contribution is -0.166. The zero-order valence-corrected chi connectivity index (χ0v) is 51.7. The molecule has 0 aliphatic rings. The Balaban J connectivity index is 4.47. The smallest absolute Gasteiger partial charge is 0.306 e. The number of carbonyl (C=O) groups excluding carboxylic acids is 3. The number of unbranched alkanes of at least 4 members (excludes halogenated alkanes) is 15.